The van der Waals surface area contributed by atoms with Gasteiger partial charge in [0.2, 0.25) is 0 Å². The predicted molar refractivity (Wildman–Crippen MR) is 87.3 cm³/mol. The zero-order valence-corrected chi connectivity index (χ0v) is 14.6. The van der Waals surface area contributed by atoms with Gasteiger partial charge in [-0.15, -0.1) is 0 Å². The molecule has 24 heavy (non-hydrogen) atoms. The van der Waals surface area contributed by atoms with E-state index < -0.39 is 11.2 Å². The van der Waals surface area contributed by atoms with E-state index in [1.807, 2.05) is 26.7 Å². The van der Waals surface area contributed by atoms with E-state index in [0.29, 0.717) is 49.4 Å². The second kappa shape index (κ2) is 5.67. The summed E-state index contributed by atoms with van der Waals surface area (Å²) < 4.78 is 13.2. The van der Waals surface area contributed by atoms with Gasteiger partial charge >= 0.3 is 6.09 Å². The molecule has 0 bridgehead atoms. The molecule has 7 nitrogen and oxygen atoms in total. The molecule has 0 saturated carbocycles. The Morgan fingerprint density at radius 2 is 2.04 bits per heavy atom. The minimum Gasteiger partial charge on any atom is -0.483 e. The van der Waals surface area contributed by atoms with Crippen LogP contribution in [0.25, 0.3) is 5.57 Å². The van der Waals surface area contributed by atoms with Crippen LogP contribution in [0.15, 0.2) is 6.20 Å². The summed E-state index contributed by atoms with van der Waals surface area (Å²) in [6.45, 7) is 6.64. The van der Waals surface area contributed by atoms with E-state index in [0.717, 1.165) is 0 Å². The standard InChI is InChI=1S/C17H23N3O4/c1-16(2,3)24-15(22)20-7-5-17(6-8-20)9-12(11-21)14-13(23-17)10-18-19(14)4/h10H,5-9H2,1-4H3. The number of hydrogen-bond donors (Lipinski definition) is 0. The summed E-state index contributed by atoms with van der Waals surface area (Å²) in [5, 5.41) is 4.17. The van der Waals surface area contributed by atoms with Crippen LogP contribution in [-0.4, -0.2) is 51.0 Å². The summed E-state index contributed by atoms with van der Waals surface area (Å²) in [5.74, 6) is 2.66. The molecule has 1 amide bonds. The van der Waals surface area contributed by atoms with E-state index >= 15 is 0 Å². The van der Waals surface area contributed by atoms with Crippen molar-refractivity contribution in [1.82, 2.24) is 14.7 Å². The SMILES string of the molecule is Cn1ncc2c1C(=C=O)CC1(CCN(C(=O)OC(C)(C)C)CC1)O2. The number of piperidine rings is 1. The first-order chi connectivity index (χ1) is 11.2. The average Bonchev–Trinajstić information content (AvgIpc) is 2.86. The van der Waals surface area contributed by atoms with Gasteiger partial charge in [-0.3, -0.25) is 4.68 Å². The molecule has 7 heteroatoms. The highest BCUT2D eigenvalue weighted by Gasteiger charge is 2.44. The van der Waals surface area contributed by atoms with Crippen LogP contribution in [0.3, 0.4) is 0 Å². The fourth-order valence-electron chi connectivity index (χ4n) is 3.30. The summed E-state index contributed by atoms with van der Waals surface area (Å²) in [4.78, 5) is 25.3. The number of hydrogen-bond acceptors (Lipinski definition) is 5. The normalized spacial score (nSPS) is 19.5. The first-order valence-electron chi connectivity index (χ1n) is 8.16. The van der Waals surface area contributed by atoms with E-state index in [-0.39, 0.29) is 6.09 Å². The lowest BCUT2D eigenvalue weighted by Gasteiger charge is -2.43. The molecule has 1 saturated heterocycles. The molecule has 1 aromatic rings. The van der Waals surface area contributed by atoms with E-state index in [2.05, 4.69) is 5.10 Å². The molecule has 1 fully saturated rings. The van der Waals surface area contributed by atoms with Gasteiger partial charge in [-0.2, -0.15) is 5.10 Å². The number of aryl methyl sites for hydroxylation is 1. The van der Waals surface area contributed by atoms with Crippen LogP contribution in [0.1, 0.15) is 45.7 Å². The van der Waals surface area contributed by atoms with Crippen LogP contribution in [0, 0.1) is 0 Å². The van der Waals surface area contributed by atoms with Gasteiger partial charge in [0.15, 0.2) is 5.75 Å². The fraction of sp³-hybridized carbons (Fsp3) is 0.647. The van der Waals surface area contributed by atoms with Crippen LogP contribution in [0.2, 0.25) is 0 Å². The van der Waals surface area contributed by atoms with E-state index in [9.17, 15) is 9.59 Å². The summed E-state index contributed by atoms with van der Waals surface area (Å²) in [5.41, 5.74) is 0.305. The lowest BCUT2D eigenvalue weighted by Crippen LogP contribution is -2.51. The van der Waals surface area contributed by atoms with Gasteiger partial charge in [0.05, 0.1) is 11.8 Å². The second-order valence-electron chi connectivity index (χ2n) is 7.49. The molecular weight excluding hydrogens is 310 g/mol. The highest BCUT2D eigenvalue weighted by atomic mass is 16.6. The van der Waals surface area contributed by atoms with Gasteiger partial charge in [-0.1, -0.05) is 0 Å². The first-order valence-corrected chi connectivity index (χ1v) is 8.16. The molecule has 0 atom stereocenters. The van der Waals surface area contributed by atoms with Gasteiger partial charge in [-0.25, -0.2) is 9.59 Å². The maximum Gasteiger partial charge on any atom is 0.410 e. The minimum absolute atomic E-state index is 0.304. The molecule has 0 unspecified atom stereocenters. The molecule has 1 spiro atoms. The van der Waals surface area contributed by atoms with Crippen LogP contribution in [0.5, 0.6) is 5.75 Å². The van der Waals surface area contributed by atoms with Crippen molar-refractivity contribution in [1.29, 1.82) is 0 Å². The fourth-order valence-corrected chi connectivity index (χ4v) is 3.30. The second-order valence-corrected chi connectivity index (χ2v) is 7.49. The third-order valence-electron chi connectivity index (χ3n) is 4.47. The first kappa shape index (κ1) is 16.6. The number of aromatic nitrogens is 2. The van der Waals surface area contributed by atoms with Crippen LogP contribution >= 0.6 is 0 Å². The van der Waals surface area contributed by atoms with E-state index in [1.165, 1.54) is 0 Å². The minimum atomic E-state index is -0.508. The maximum absolute atomic E-state index is 12.2. The zero-order valence-electron chi connectivity index (χ0n) is 14.6. The Balaban J connectivity index is 1.72. The van der Waals surface area contributed by atoms with Gasteiger partial charge in [0, 0.05) is 39.4 Å². The van der Waals surface area contributed by atoms with Crippen molar-refractivity contribution < 1.29 is 19.1 Å². The number of likely N-dealkylation sites (tertiary alicyclic amines) is 1. The quantitative estimate of drug-likeness (QED) is 0.681. The van der Waals surface area contributed by atoms with Crippen molar-refractivity contribution >= 4 is 17.6 Å². The molecule has 1 aromatic heterocycles. The average molecular weight is 333 g/mol. The Bertz CT molecular complexity index is 702. The Labute approximate surface area is 141 Å². The van der Waals surface area contributed by atoms with E-state index in [4.69, 9.17) is 9.47 Å². The molecule has 0 aromatic carbocycles. The lowest BCUT2D eigenvalue weighted by atomic mass is 9.82. The molecule has 130 valence electrons. The van der Waals surface area contributed by atoms with Crippen molar-refractivity contribution in [2.24, 2.45) is 7.05 Å². The van der Waals surface area contributed by atoms with Crippen molar-refractivity contribution in [2.45, 2.75) is 51.2 Å². The third kappa shape index (κ3) is 3.04. The van der Waals surface area contributed by atoms with Crippen LogP contribution in [0.4, 0.5) is 4.79 Å². The van der Waals surface area contributed by atoms with Gasteiger partial charge in [-0.05, 0) is 20.8 Å². The lowest BCUT2D eigenvalue weighted by molar-refractivity contribution is -0.0180. The Morgan fingerprint density at radius 1 is 1.38 bits per heavy atom. The highest BCUT2D eigenvalue weighted by molar-refractivity contribution is 5.89. The van der Waals surface area contributed by atoms with Gasteiger partial charge in [0.25, 0.3) is 0 Å². The Kier molecular flexibility index (Phi) is 3.92. The number of nitrogens with zero attached hydrogens (tertiary/aromatic N) is 3. The van der Waals surface area contributed by atoms with Crippen molar-refractivity contribution in [3.63, 3.8) is 0 Å². The highest BCUT2D eigenvalue weighted by Crippen LogP contribution is 2.43. The molecular formula is C17H23N3O4. The molecule has 0 radical (unpaired) electrons. The number of ether oxygens (including phenoxy) is 2. The van der Waals surface area contributed by atoms with Crippen LogP contribution in [-0.2, 0) is 16.6 Å². The Morgan fingerprint density at radius 3 is 2.62 bits per heavy atom. The molecule has 2 aliphatic heterocycles. The summed E-state index contributed by atoms with van der Waals surface area (Å²) in [6.07, 6.45) is 3.11. The molecule has 2 aliphatic rings. The molecule has 3 heterocycles. The monoisotopic (exact) mass is 333 g/mol. The van der Waals surface area contributed by atoms with Gasteiger partial charge < -0.3 is 14.4 Å². The number of rotatable bonds is 0. The third-order valence-corrected chi connectivity index (χ3v) is 4.47. The van der Waals surface area contributed by atoms with Crippen molar-refractivity contribution in [2.75, 3.05) is 13.1 Å². The maximum atomic E-state index is 12.2. The predicted octanol–water partition coefficient (Wildman–Crippen LogP) is 2.19. The molecule has 0 N–H and O–H groups in total. The molecule has 0 aliphatic carbocycles. The van der Waals surface area contributed by atoms with Gasteiger partial charge in [0.1, 0.15) is 22.8 Å². The smallest absolute Gasteiger partial charge is 0.410 e. The van der Waals surface area contributed by atoms with Crippen molar-refractivity contribution in [3.8, 4) is 5.75 Å². The summed E-state index contributed by atoms with van der Waals surface area (Å²) >= 11 is 0. The summed E-state index contributed by atoms with van der Waals surface area (Å²) in [7, 11) is 1.78. The number of carbonyl (C=O) groups is 1. The number of fused-ring (bicyclic) bond motifs is 1. The van der Waals surface area contributed by atoms with Crippen molar-refractivity contribution in [3.05, 3.63) is 11.9 Å². The number of carbonyl (C=O) groups excluding carboxylic acids is 2. The largest absolute Gasteiger partial charge is 0.483 e. The zero-order chi connectivity index (χ0) is 17.5. The topological polar surface area (TPSA) is 73.7 Å². The van der Waals surface area contributed by atoms with Crippen LogP contribution < -0.4 is 4.74 Å². The Hall–Kier alpha value is -2.27. The number of amides is 1. The molecule has 3 rings (SSSR count). The van der Waals surface area contributed by atoms with E-state index in [1.54, 1.807) is 22.8 Å². The summed E-state index contributed by atoms with van der Waals surface area (Å²) in [6, 6.07) is 0.